The van der Waals surface area contributed by atoms with E-state index >= 15 is 0 Å². The highest BCUT2D eigenvalue weighted by Crippen LogP contribution is 2.35. The second-order valence-electron chi connectivity index (χ2n) is 4.93. The quantitative estimate of drug-likeness (QED) is 0.871. The molecule has 2 aromatic carbocycles. The van der Waals surface area contributed by atoms with Gasteiger partial charge >= 0.3 is 0 Å². The lowest BCUT2D eigenvalue weighted by Gasteiger charge is -2.20. The SMILES string of the molecule is COc1ccc2c(c1)CCN2S(=O)(=O)c1ccccc1C#N. The maximum atomic E-state index is 12.9. The molecule has 0 N–H and O–H groups in total. The number of hydrogen-bond acceptors (Lipinski definition) is 4. The van der Waals surface area contributed by atoms with Crippen LogP contribution in [0.3, 0.4) is 0 Å². The first-order chi connectivity index (χ1) is 10.6. The third-order valence-corrected chi connectivity index (χ3v) is 5.59. The number of nitriles is 1. The molecule has 6 heteroatoms. The largest absolute Gasteiger partial charge is 0.497 e. The van der Waals surface area contributed by atoms with Crippen LogP contribution in [0, 0.1) is 11.3 Å². The average molecular weight is 314 g/mol. The lowest BCUT2D eigenvalue weighted by atomic mass is 10.1. The van der Waals surface area contributed by atoms with Gasteiger partial charge in [-0.3, -0.25) is 4.31 Å². The standard InChI is InChI=1S/C16H14N2O3S/c1-21-14-6-7-15-12(10-14)8-9-18(15)22(19,20)16-5-3-2-4-13(16)11-17/h2-7,10H,8-9H2,1H3. The molecule has 112 valence electrons. The molecule has 0 radical (unpaired) electrons. The summed E-state index contributed by atoms with van der Waals surface area (Å²) in [5.41, 5.74) is 1.73. The minimum Gasteiger partial charge on any atom is -0.497 e. The monoisotopic (exact) mass is 314 g/mol. The zero-order chi connectivity index (χ0) is 15.7. The number of sulfonamides is 1. The van der Waals surface area contributed by atoms with Crippen molar-refractivity contribution in [2.24, 2.45) is 0 Å². The van der Waals surface area contributed by atoms with E-state index in [0.717, 1.165) is 5.56 Å². The Balaban J connectivity index is 2.09. The van der Waals surface area contributed by atoms with Gasteiger partial charge in [0.2, 0.25) is 0 Å². The van der Waals surface area contributed by atoms with E-state index < -0.39 is 10.0 Å². The van der Waals surface area contributed by atoms with E-state index in [1.807, 2.05) is 12.1 Å². The topological polar surface area (TPSA) is 70.4 Å². The zero-order valence-corrected chi connectivity index (χ0v) is 12.8. The summed E-state index contributed by atoms with van der Waals surface area (Å²) in [6, 6.07) is 13.5. The first-order valence-corrected chi connectivity index (χ1v) is 8.20. The van der Waals surface area contributed by atoms with Crippen LogP contribution in [0.15, 0.2) is 47.4 Å². The number of ether oxygens (including phenoxy) is 1. The zero-order valence-electron chi connectivity index (χ0n) is 12.0. The molecule has 22 heavy (non-hydrogen) atoms. The first kappa shape index (κ1) is 14.4. The van der Waals surface area contributed by atoms with Gasteiger partial charge in [0.1, 0.15) is 16.7 Å². The lowest BCUT2D eigenvalue weighted by Crippen LogP contribution is -2.29. The summed E-state index contributed by atoms with van der Waals surface area (Å²) in [6.45, 7) is 0.366. The van der Waals surface area contributed by atoms with Crippen LogP contribution in [0.2, 0.25) is 0 Å². The first-order valence-electron chi connectivity index (χ1n) is 6.76. The third-order valence-electron chi connectivity index (χ3n) is 3.72. The smallest absolute Gasteiger partial charge is 0.265 e. The number of hydrogen-bond donors (Lipinski definition) is 0. The van der Waals surface area contributed by atoms with Gasteiger partial charge in [0, 0.05) is 6.54 Å². The third kappa shape index (κ3) is 2.20. The van der Waals surface area contributed by atoms with Crippen LogP contribution in [-0.4, -0.2) is 22.1 Å². The van der Waals surface area contributed by atoms with Gasteiger partial charge in [0.15, 0.2) is 0 Å². The van der Waals surface area contributed by atoms with E-state index in [0.29, 0.717) is 24.4 Å². The van der Waals surface area contributed by atoms with E-state index in [1.165, 1.54) is 16.4 Å². The number of nitrogens with zero attached hydrogens (tertiary/aromatic N) is 2. The molecule has 2 aromatic rings. The van der Waals surface area contributed by atoms with Crippen LogP contribution >= 0.6 is 0 Å². The maximum Gasteiger partial charge on any atom is 0.265 e. The van der Waals surface area contributed by atoms with Gasteiger partial charge in [-0.15, -0.1) is 0 Å². The Bertz CT molecular complexity index is 869. The van der Waals surface area contributed by atoms with Gasteiger partial charge in [0.25, 0.3) is 10.0 Å². The minimum absolute atomic E-state index is 0.0427. The van der Waals surface area contributed by atoms with Crippen molar-refractivity contribution < 1.29 is 13.2 Å². The molecule has 1 aliphatic rings. The molecular weight excluding hydrogens is 300 g/mol. The Labute approximate surface area is 129 Å². The molecule has 1 aliphatic heterocycles. The van der Waals surface area contributed by atoms with Gasteiger partial charge < -0.3 is 4.74 Å². The van der Waals surface area contributed by atoms with Crippen molar-refractivity contribution in [2.75, 3.05) is 18.0 Å². The fourth-order valence-electron chi connectivity index (χ4n) is 2.63. The Hall–Kier alpha value is -2.52. The highest BCUT2D eigenvalue weighted by molar-refractivity contribution is 7.93. The van der Waals surface area contributed by atoms with E-state index in [2.05, 4.69) is 0 Å². The van der Waals surface area contributed by atoms with Crippen LogP contribution in [0.25, 0.3) is 0 Å². The molecule has 5 nitrogen and oxygen atoms in total. The van der Waals surface area contributed by atoms with Crippen molar-refractivity contribution >= 4 is 15.7 Å². The summed E-state index contributed by atoms with van der Waals surface area (Å²) >= 11 is 0. The normalized spacial score (nSPS) is 13.5. The molecule has 0 spiro atoms. The molecule has 0 atom stereocenters. The Kier molecular flexibility index (Phi) is 3.51. The van der Waals surface area contributed by atoms with Crippen molar-refractivity contribution in [2.45, 2.75) is 11.3 Å². The van der Waals surface area contributed by atoms with Crippen LogP contribution in [0.4, 0.5) is 5.69 Å². The molecule has 0 unspecified atom stereocenters. The summed E-state index contributed by atoms with van der Waals surface area (Å²) in [6.07, 6.45) is 0.625. The Morgan fingerprint density at radius 3 is 2.73 bits per heavy atom. The molecular formula is C16H14N2O3S. The van der Waals surface area contributed by atoms with Gasteiger partial charge in [0.05, 0.1) is 18.4 Å². The van der Waals surface area contributed by atoms with Crippen molar-refractivity contribution in [3.63, 3.8) is 0 Å². The van der Waals surface area contributed by atoms with Gasteiger partial charge in [-0.2, -0.15) is 5.26 Å². The van der Waals surface area contributed by atoms with Gasteiger partial charge in [-0.05, 0) is 42.3 Å². The van der Waals surface area contributed by atoms with E-state index in [9.17, 15) is 8.42 Å². The summed E-state index contributed by atoms with van der Waals surface area (Å²) in [7, 11) is -2.17. The molecule has 0 aliphatic carbocycles. The summed E-state index contributed by atoms with van der Waals surface area (Å²) in [5, 5.41) is 9.14. The van der Waals surface area contributed by atoms with Crippen LogP contribution < -0.4 is 9.04 Å². The molecule has 3 rings (SSSR count). The van der Waals surface area contributed by atoms with Crippen molar-refractivity contribution in [3.8, 4) is 11.8 Å². The molecule has 1 heterocycles. The maximum absolute atomic E-state index is 12.9. The van der Waals surface area contributed by atoms with E-state index in [4.69, 9.17) is 10.00 Å². The summed E-state index contributed by atoms with van der Waals surface area (Å²) in [5.74, 6) is 0.704. The van der Waals surface area contributed by atoms with E-state index in [1.54, 1.807) is 31.4 Å². The molecule has 0 saturated heterocycles. The van der Waals surface area contributed by atoms with Gasteiger partial charge in [-0.25, -0.2) is 8.42 Å². The second-order valence-corrected chi connectivity index (χ2v) is 6.76. The number of fused-ring (bicyclic) bond motifs is 1. The number of methoxy groups -OCH3 is 1. The molecule has 0 fully saturated rings. The fourth-order valence-corrected chi connectivity index (χ4v) is 4.28. The summed E-state index contributed by atoms with van der Waals surface area (Å²) in [4.78, 5) is 0.0427. The van der Waals surface area contributed by atoms with Crippen LogP contribution in [0.5, 0.6) is 5.75 Å². The molecule has 0 bridgehead atoms. The second kappa shape index (κ2) is 5.35. The number of benzene rings is 2. The number of rotatable bonds is 3. The lowest BCUT2D eigenvalue weighted by molar-refractivity contribution is 0.414. The predicted molar refractivity (Wildman–Crippen MR) is 82.4 cm³/mol. The Morgan fingerprint density at radius 2 is 2.00 bits per heavy atom. The Morgan fingerprint density at radius 1 is 1.23 bits per heavy atom. The van der Waals surface area contributed by atoms with Crippen molar-refractivity contribution in [1.82, 2.24) is 0 Å². The molecule has 0 saturated carbocycles. The summed E-state index contributed by atoms with van der Waals surface area (Å²) < 4.78 is 32.3. The van der Waals surface area contributed by atoms with Crippen LogP contribution in [0.1, 0.15) is 11.1 Å². The fraction of sp³-hybridized carbons (Fsp3) is 0.188. The van der Waals surface area contributed by atoms with Crippen molar-refractivity contribution in [3.05, 3.63) is 53.6 Å². The molecule has 0 aromatic heterocycles. The van der Waals surface area contributed by atoms with Crippen molar-refractivity contribution in [1.29, 1.82) is 5.26 Å². The van der Waals surface area contributed by atoms with Crippen LogP contribution in [-0.2, 0) is 16.4 Å². The highest BCUT2D eigenvalue weighted by atomic mass is 32.2. The predicted octanol–water partition coefficient (Wildman–Crippen LogP) is 2.32. The van der Waals surface area contributed by atoms with E-state index in [-0.39, 0.29) is 10.5 Å². The molecule has 0 amide bonds. The average Bonchev–Trinajstić information content (AvgIpc) is 2.98. The minimum atomic E-state index is -3.74. The van der Waals surface area contributed by atoms with Gasteiger partial charge in [-0.1, -0.05) is 12.1 Å². The highest BCUT2D eigenvalue weighted by Gasteiger charge is 2.32. The number of anilines is 1.